The Hall–Kier alpha value is -3.17. The van der Waals surface area contributed by atoms with Gasteiger partial charge in [-0.25, -0.2) is 0 Å². The van der Waals surface area contributed by atoms with Gasteiger partial charge in [-0.15, -0.1) is 6.58 Å². The Balaban J connectivity index is 2.05. The number of hydrogen-bond donors (Lipinski definition) is 0. The third-order valence-corrected chi connectivity index (χ3v) is 5.55. The summed E-state index contributed by atoms with van der Waals surface area (Å²) >= 11 is 0. The van der Waals surface area contributed by atoms with Crippen LogP contribution in [-0.4, -0.2) is 19.7 Å². The van der Waals surface area contributed by atoms with E-state index in [1.165, 1.54) is 0 Å². The molecule has 0 fully saturated rings. The topological polar surface area (TPSA) is 29.5 Å². The molecule has 2 unspecified atom stereocenters. The molecule has 0 radical (unpaired) electrons. The van der Waals surface area contributed by atoms with Crippen LogP contribution in [-0.2, 0) is 14.9 Å². The summed E-state index contributed by atoms with van der Waals surface area (Å²) in [6.45, 7) is 4.34. The smallest absolute Gasteiger partial charge is 0.245 e. The Morgan fingerprint density at radius 3 is 2.21 bits per heavy atom. The maximum Gasteiger partial charge on any atom is 0.245 e. The van der Waals surface area contributed by atoms with Gasteiger partial charge in [-0.05, 0) is 22.8 Å². The fourth-order valence-electron chi connectivity index (χ4n) is 4.42. The van der Waals surface area contributed by atoms with Crippen molar-refractivity contribution in [3.63, 3.8) is 0 Å². The predicted molar refractivity (Wildman–Crippen MR) is 112 cm³/mol. The van der Waals surface area contributed by atoms with E-state index in [4.69, 9.17) is 4.74 Å². The average Bonchev–Trinajstić information content (AvgIpc) is 3.00. The van der Waals surface area contributed by atoms with Gasteiger partial charge in [0.15, 0.2) is 0 Å². The number of carbonyl (C=O) groups is 1. The molecule has 2 atom stereocenters. The van der Waals surface area contributed by atoms with Crippen molar-refractivity contribution in [2.75, 3.05) is 18.7 Å². The molecule has 4 rings (SSSR count). The number of para-hydroxylation sites is 1. The molecule has 3 aromatic rings. The van der Waals surface area contributed by atoms with E-state index in [1.807, 2.05) is 72.8 Å². The minimum absolute atomic E-state index is 0.00973. The van der Waals surface area contributed by atoms with Gasteiger partial charge < -0.3 is 4.74 Å². The van der Waals surface area contributed by atoms with Crippen LogP contribution in [0.25, 0.3) is 0 Å². The van der Waals surface area contributed by atoms with Gasteiger partial charge in [0.05, 0.1) is 5.69 Å². The molecule has 0 spiro atoms. The van der Waals surface area contributed by atoms with Crippen LogP contribution in [0.3, 0.4) is 0 Å². The first-order chi connectivity index (χ1) is 13.7. The summed E-state index contributed by atoms with van der Waals surface area (Å²) in [5.74, 6) is -0.206. The second kappa shape index (κ2) is 7.45. The van der Waals surface area contributed by atoms with E-state index in [1.54, 1.807) is 12.0 Å². The lowest BCUT2D eigenvalue weighted by Gasteiger charge is -2.36. The minimum atomic E-state index is -0.889. The van der Waals surface area contributed by atoms with Crippen molar-refractivity contribution in [2.45, 2.75) is 11.3 Å². The van der Waals surface area contributed by atoms with Crippen LogP contribution in [0.1, 0.15) is 22.6 Å². The molecule has 0 bridgehead atoms. The number of amides is 1. The first-order valence-electron chi connectivity index (χ1n) is 9.38. The molecule has 1 aliphatic heterocycles. The van der Waals surface area contributed by atoms with Crippen LogP contribution in [0.4, 0.5) is 5.69 Å². The Bertz CT molecular complexity index is 984. The molecular formula is C25H23NO2. The minimum Gasteiger partial charge on any atom is -0.364 e. The van der Waals surface area contributed by atoms with Gasteiger partial charge in [-0.2, -0.15) is 0 Å². The SMILES string of the molecule is C=CC(c1ccccc1)C1(c2ccccc2)C(=O)N(COC)c2ccccc21. The molecule has 0 saturated heterocycles. The van der Waals surface area contributed by atoms with E-state index in [2.05, 4.69) is 24.8 Å². The van der Waals surface area contributed by atoms with Crippen molar-refractivity contribution in [3.8, 4) is 0 Å². The highest BCUT2D eigenvalue weighted by Crippen LogP contribution is 2.54. The number of nitrogens with zero attached hydrogens (tertiary/aromatic N) is 1. The average molecular weight is 369 g/mol. The molecule has 1 aliphatic rings. The van der Waals surface area contributed by atoms with Crippen molar-refractivity contribution in [3.05, 3.63) is 114 Å². The van der Waals surface area contributed by atoms with Gasteiger partial charge in [0.1, 0.15) is 12.1 Å². The molecule has 3 heteroatoms. The van der Waals surface area contributed by atoms with Gasteiger partial charge in [-0.1, -0.05) is 84.9 Å². The highest BCUT2D eigenvalue weighted by Gasteiger charge is 2.56. The number of rotatable bonds is 6. The number of carbonyl (C=O) groups excluding carboxylic acids is 1. The molecule has 28 heavy (non-hydrogen) atoms. The Morgan fingerprint density at radius 2 is 1.57 bits per heavy atom. The lowest BCUT2D eigenvalue weighted by molar-refractivity contribution is -0.123. The molecule has 3 aromatic carbocycles. The summed E-state index contributed by atoms with van der Waals surface area (Å²) in [6, 6.07) is 28.1. The first kappa shape index (κ1) is 18.2. The van der Waals surface area contributed by atoms with Crippen molar-refractivity contribution in [2.24, 2.45) is 0 Å². The van der Waals surface area contributed by atoms with Crippen LogP contribution in [0.15, 0.2) is 97.6 Å². The zero-order valence-electron chi connectivity index (χ0n) is 15.9. The van der Waals surface area contributed by atoms with Crippen LogP contribution in [0.2, 0.25) is 0 Å². The highest BCUT2D eigenvalue weighted by molar-refractivity contribution is 6.11. The highest BCUT2D eigenvalue weighted by atomic mass is 16.5. The molecule has 1 heterocycles. The fourth-order valence-corrected chi connectivity index (χ4v) is 4.42. The van der Waals surface area contributed by atoms with Gasteiger partial charge in [0.25, 0.3) is 0 Å². The van der Waals surface area contributed by atoms with E-state index >= 15 is 0 Å². The van der Waals surface area contributed by atoms with Gasteiger partial charge >= 0.3 is 0 Å². The van der Waals surface area contributed by atoms with E-state index in [-0.39, 0.29) is 18.6 Å². The largest absolute Gasteiger partial charge is 0.364 e. The summed E-state index contributed by atoms with van der Waals surface area (Å²) in [5, 5.41) is 0. The van der Waals surface area contributed by atoms with Crippen molar-refractivity contribution in [1.29, 1.82) is 0 Å². The van der Waals surface area contributed by atoms with Gasteiger partial charge in [0.2, 0.25) is 5.91 Å². The van der Waals surface area contributed by atoms with Gasteiger partial charge in [-0.3, -0.25) is 9.69 Å². The summed E-state index contributed by atoms with van der Waals surface area (Å²) in [5.41, 5.74) is 3.00. The van der Waals surface area contributed by atoms with Gasteiger partial charge in [0, 0.05) is 13.0 Å². The second-order valence-electron chi connectivity index (χ2n) is 6.97. The Kier molecular flexibility index (Phi) is 4.84. The molecule has 0 aromatic heterocycles. The zero-order valence-corrected chi connectivity index (χ0v) is 15.9. The fraction of sp³-hybridized carbons (Fsp3) is 0.160. The Morgan fingerprint density at radius 1 is 0.964 bits per heavy atom. The Labute approximate surface area is 165 Å². The molecule has 1 amide bonds. The quantitative estimate of drug-likeness (QED) is 0.579. The van der Waals surface area contributed by atoms with Crippen molar-refractivity contribution < 1.29 is 9.53 Å². The molecular weight excluding hydrogens is 346 g/mol. The number of allylic oxidation sites excluding steroid dienone is 1. The predicted octanol–water partition coefficient (Wildman–Crippen LogP) is 4.89. The molecule has 0 N–H and O–H groups in total. The van der Waals surface area contributed by atoms with Crippen LogP contribution >= 0.6 is 0 Å². The van der Waals surface area contributed by atoms with E-state index in [9.17, 15) is 4.79 Å². The lowest BCUT2D eigenvalue weighted by Crippen LogP contribution is -2.45. The lowest BCUT2D eigenvalue weighted by atomic mass is 9.64. The van der Waals surface area contributed by atoms with Crippen LogP contribution < -0.4 is 4.90 Å². The summed E-state index contributed by atoms with van der Waals surface area (Å²) in [7, 11) is 1.61. The maximum atomic E-state index is 14.0. The van der Waals surface area contributed by atoms with Crippen LogP contribution in [0, 0.1) is 0 Å². The van der Waals surface area contributed by atoms with E-state index in [0.717, 1.165) is 22.4 Å². The number of methoxy groups -OCH3 is 1. The van der Waals surface area contributed by atoms with Crippen molar-refractivity contribution in [1.82, 2.24) is 0 Å². The number of benzene rings is 3. The summed E-state index contributed by atoms with van der Waals surface area (Å²) in [6.07, 6.45) is 1.90. The second-order valence-corrected chi connectivity index (χ2v) is 6.97. The zero-order chi connectivity index (χ0) is 19.6. The molecule has 3 nitrogen and oxygen atoms in total. The molecule has 140 valence electrons. The molecule has 0 saturated carbocycles. The monoisotopic (exact) mass is 369 g/mol. The maximum absolute atomic E-state index is 14.0. The normalized spacial score (nSPS) is 19.3. The molecule has 0 aliphatic carbocycles. The number of ether oxygens (including phenoxy) is 1. The third-order valence-electron chi connectivity index (χ3n) is 5.55. The number of anilines is 1. The standard InChI is InChI=1S/C25H23NO2/c1-3-21(19-12-6-4-7-13-19)25(20-14-8-5-9-15-20)22-16-10-11-17-23(22)26(18-28-2)24(25)27/h3-17,21H,1,18H2,2H3. The number of hydrogen-bond acceptors (Lipinski definition) is 2. The third kappa shape index (κ3) is 2.59. The van der Waals surface area contributed by atoms with E-state index < -0.39 is 5.41 Å². The summed E-state index contributed by atoms with van der Waals surface area (Å²) in [4.78, 5) is 15.8. The van der Waals surface area contributed by atoms with E-state index in [0.29, 0.717) is 0 Å². The first-order valence-corrected chi connectivity index (χ1v) is 9.38. The van der Waals surface area contributed by atoms with Crippen molar-refractivity contribution >= 4 is 11.6 Å². The number of fused-ring (bicyclic) bond motifs is 1. The van der Waals surface area contributed by atoms with Crippen LogP contribution in [0.5, 0.6) is 0 Å². The summed E-state index contributed by atoms with van der Waals surface area (Å²) < 4.78 is 5.38.